The molecule has 41 heavy (non-hydrogen) atoms. The topological polar surface area (TPSA) is 69.5 Å². The number of aliphatic hydroxyl groups is 1. The fourth-order valence-corrected chi connectivity index (χ4v) is 5.41. The van der Waals surface area contributed by atoms with Gasteiger partial charge in [-0.25, -0.2) is 8.78 Å². The molecule has 0 saturated heterocycles. The zero-order valence-corrected chi connectivity index (χ0v) is 24.1. The van der Waals surface area contributed by atoms with Crippen molar-refractivity contribution in [2.45, 2.75) is 63.6 Å². The minimum atomic E-state index is -1.03. The zero-order valence-electron chi connectivity index (χ0n) is 24.1. The van der Waals surface area contributed by atoms with Gasteiger partial charge in [-0.05, 0) is 73.6 Å². The third-order valence-electron chi connectivity index (χ3n) is 7.72. The standard InChI is InChI=1S/C33H40F2N4O2/c1-5-13-39(14-6-2)28-20-30(38(4)22-28)32(41)37-29(18-24-16-26(34)19-27(35)17-24)31(40)21-36-33(11-12-33)25-10-8-9-23(7-3)15-25/h3,8-10,15-17,19-20,22,29,31,36,40H,5-6,11-14,18,21H2,1-2,4H3,(H,37,41). The Morgan fingerprint density at radius 3 is 2.41 bits per heavy atom. The molecule has 0 bridgehead atoms. The molecule has 8 heteroatoms. The van der Waals surface area contributed by atoms with Gasteiger partial charge in [0.1, 0.15) is 17.3 Å². The Balaban J connectivity index is 1.53. The molecule has 1 heterocycles. The highest BCUT2D eigenvalue weighted by Crippen LogP contribution is 2.45. The van der Waals surface area contributed by atoms with Gasteiger partial charge in [-0.1, -0.05) is 31.9 Å². The third-order valence-corrected chi connectivity index (χ3v) is 7.72. The molecule has 4 rings (SSSR count). The van der Waals surface area contributed by atoms with Crippen LogP contribution in [-0.4, -0.2) is 47.4 Å². The molecule has 1 fully saturated rings. The quantitative estimate of drug-likeness (QED) is 0.245. The number of amides is 1. The number of hydrogen-bond donors (Lipinski definition) is 3. The average molecular weight is 563 g/mol. The minimum absolute atomic E-state index is 0.0535. The van der Waals surface area contributed by atoms with E-state index in [9.17, 15) is 18.7 Å². The molecule has 2 atom stereocenters. The molecule has 3 N–H and O–H groups in total. The van der Waals surface area contributed by atoms with Crippen molar-refractivity contribution in [1.29, 1.82) is 0 Å². The molecule has 218 valence electrons. The second kappa shape index (κ2) is 13.3. The number of terminal acetylenes is 1. The molecule has 1 saturated carbocycles. The summed E-state index contributed by atoms with van der Waals surface area (Å²) in [7, 11) is 1.81. The van der Waals surface area contributed by atoms with Gasteiger partial charge in [0.2, 0.25) is 0 Å². The predicted molar refractivity (Wildman–Crippen MR) is 159 cm³/mol. The van der Waals surface area contributed by atoms with Crippen molar-refractivity contribution in [3.63, 3.8) is 0 Å². The van der Waals surface area contributed by atoms with E-state index in [0.29, 0.717) is 11.3 Å². The van der Waals surface area contributed by atoms with Crippen LogP contribution in [0.4, 0.5) is 14.5 Å². The molecule has 3 aromatic rings. The maximum atomic E-state index is 14.0. The lowest BCUT2D eigenvalue weighted by atomic mass is 9.98. The largest absolute Gasteiger partial charge is 0.390 e. The van der Waals surface area contributed by atoms with E-state index >= 15 is 0 Å². The van der Waals surface area contributed by atoms with Crippen LogP contribution in [-0.2, 0) is 19.0 Å². The van der Waals surface area contributed by atoms with Crippen molar-refractivity contribution >= 4 is 11.6 Å². The summed E-state index contributed by atoms with van der Waals surface area (Å²) in [5.74, 6) is 0.882. The fraction of sp³-hybridized carbons (Fsp3) is 0.424. The van der Waals surface area contributed by atoms with Crippen LogP contribution in [0.25, 0.3) is 0 Å². The van der Waals surface area contributed by atoms with E-state index in [0.717, 1.165) is 61.7 Å². The highest BCUT2D eigenvalue weighted by Gasteiger charge is 2.44. The number of halogens is 2. The first-order chi connectivity index (χ1) is 19.7. The molecule has 6 nitrogen and oxygen atoms in total. The van der Waals surface area contributed by atoms with Gasteiger partial charge in [-0.2, -0.15) is 0 Å². The Morgan fingerprint density at radius 1 is 1.12 bits per heavy atom. The number of rotatable bonds is 14. The van der Waals surface area contributed by atoms with E-state index in [4.69, 9.17) is 6.42 Å². The maximum Gasteiger partial charge on any atom is 0.268 e. The monoisotopic (exact) mass is 562 g/mol. The lowest BCUT2D eigenvalue weighted by Gasteiger charge is -2.27. The van der Waals surface area contributed by atoms with Crippen molar-refractivity contribution in [1.82, 2.24) is 15.2 Å². The molecule has 1 aromatic heterocycles. The van der Waals surface area contributed by atoms with Crippen molar-refractivity contribution < 1.29 is 18.7 Å². The van der Waals surface area contributed by atoms with Crippen LogP contribution in [0.2, 0.25) is 0 Å². The van der Waals surface area contributed by atoms with Gasteiger partial charge < -0.3 is 25.2 Å². The molecule has 0 spiro atoms. The molecule has 0 aliphatic heterocycles. The molecule has 2 unspecified atom stereocenters. The van der Waals surface area contributed by atoms with Crippen molar-refractivity contribution in [2.24, 2.45) is 7.05 Å². The van der Waals surface area contributed by atoms with Crippen LogP contribution in [0.3, 0.4) is 0 Å². The average Bonchev–Trinajstić information content (AvgIpc) is 3.64. The summed E-state index contributed by atoms with van der Waals surface area (Å²) in [6, 6.07) is 12.1. The van der Waals surface area contributed by atoms with Crippen LogP contribution >= 0.6 is 0 Å². The number of hydrogen-bond acceptors (Lipinski definition) is 4. The van der Waals surface area contributed by atoms with Crippen LogP contribution in [0, 0.1) is 24.0 Å². The van der Waals surface area contributed by atoms with E-state index < -0.39 is 23.8 Å². The molecular weight excluding hydrogens is 522 g/mol. The Bertz CT molecular complexity index is 1370. The molecule has 1 amide bonds. The fourth-order valence-electron chi connectivity index (χ4n) is 5.41. The number of benzene rings is 2. The third kappa shape index (κ3) is 7.55. The Kier molecular flexibility index (Phi) is 9.85. The van der Waals surface area contributed by atoms with E-state index in [-0.39, 0.29) is 24.4 Å². The van der Waals surface area contributed by atoms with Crippen LogP contribution in [0.15, 0.2) is 54.7 Å². The normalized spacial score (nSPS) is 15.1. The summed E-state index contributed by atoms with van der Waals surface area (Å²) >= 11 is 0. The van der Waals surface area contributed by atoms with Gasteiger partial charge >= 0.3 is 0 Å². The summed E-state index contributed by atoms with van der Waals surface area (Å²) < 4.78 is 29.8. The second-order valence-electron chi connectivity index (χ2n) is 11.0. The predicted octanol–water partition coefficient (Wildman–Crippen LogP) is 4.89. The van der Waals surface area contributed by atoms with Gasteiger partial charge in [0.15, 0.2) is 0 Å². The second-order valence-corrected chi connectivity index (χ2v) is 11.0. The van der Waals surface area contributed by atoms with Crippen LogP contribution < -0.4 is 15.5 Å². The number of nitrogens with one attached hydrogen (secondary N) is 2. The van der Waals surface area contributed by atoms with Gasteiger partial charge in [0, 0.05) is 50.0 Å². The number of aliphatic hydroxyl groups excluding tert-OH is 1. The number of nitrogens with zero attached hydrogens (tertiary/aromatic N) is 2. The number of aromatic nitrogens is 1. The lowest BCUT2D eigenvalue weighted by Crippen LogP contribution is -2.50. The smallest absolute Gasteiger partial charge is 0.268 e. The van der Waals surface area contributed by atoms with E-state index in [1.807, 2.05) is 43.6 Å². The Hall–Kier alpha value is -3.67. The lowest BCUT2D eigenvalue weighted by molar-refractivity contribution is 0.0814. The summed E-state index contributed by atoms with van der Waals surface area (Å²) in [4.78, 5) is 15.8. The molecular formula is C33H40F2N4O2. The minimum Gasteiger partial charge on any atom is -0.390 e. The Labute approximate surface area is 241 Å². The highest BCUT2D eigenvalue weighted by atomic mass is 19.1. The molecule has 0 radical (unpaired) electrons. The number of aryl methyl sites for hydroxylation is 1. The van der Waals surface area contributed by atoms with E-state index in [1.165, 1.54) is 12.1 Å². The van der Waals surface area contributed by atoms with Gasteiger partial charge in [0.25, 0.3) is 5.91 Å². The number of anilines is 1. The van der Waals surface area contributed by atoms with Crippen LogP contribution in [0.1, 0.15) is 66.7 Å². The molecule has 1 aliphatic rings. The van der Waals surface area contributed by atoms with Crippen molar-refractivity contribution in [3.8, 4) is 12.3 Å². The van der Waals surface area contributed by atoms with Crippen molar-refractivity contribution in [3.05, 3.63) is 88.7 Å². The summed E-state index contributed by atoms with van der Waals surface area (Å²) in [5.41, 5.74) is 3.28. The summed E-state index contributed by atoms with van der Waals surface area (Å²) in [5, 5.41) is 17.8. The maximum absolute atomic E-state index is 14.0. The first-order valence-electron chi connectivity index (χ1n) is 14.4. The molecule has 1 aliphatic carbocycles. The molecule has 2 aromatic carbocycles. The Morgan fingerprint density at radius 2 is 1.80 bits per heavy atom. The van der Waals surface area contributed by atoms with E-state index in [2.05, 4.69) is 35.3 Å². The van der Waals surface area contributed by atoms with E-state index in [1.54, 1.807) is 4.57 Å². The van der Waals surface area contributed by atoms with Gasteiger partial charge in [0.05, 0.1) is 17.8 Å². The zero-order chi connectivity index (χ0) is 29.6. The van der Waals surface area contributed by atoms with Gasteiger partial charge in [-0.15, -0.1) is 6.42 Å². The number of carbonyl (C=O) groups is 1. The van der Waals surface area contributed by atoms with Crippen LogP contribution in [0.5, 0.6) is 0 Å². The SMILES string of the molecule is C#Cc1cccc(C2(NCC(O)C(Cc3cc(F)cc(F)c3)NC(=O)c3cc(N(CCC)CCC)cn3C)CC2)c1. The number of carbonyl (C=O) groups excluding carboxylic acids is 1. The highest BCUT2D eigenvalue weighted by molar-refractivity contribution is 5.94. The first kappa shape index (κ1) is 30.3. The van der Waals surface area contributed by atoms with Crippen molar-refractivity contribution in [2.75, 3.05) is 24.5 Å². The van der Waals surface area contributed by atoms with Gasteiger partial charge in [-0.3, -0.25) is 4.79 Å². The first-order valence-corrected chi connectivity index (χ1v) is 14.4. The summed E-state index contributed by atoms with van der Waals surface area (Å²) in [6.07, 6.45) is 10.3. The summed E-state index contributed by atoms with van der Waals surface area (Å²) in [6.45, 7) is 6.16.